The molecule has 1 amide bonds. The zero-order valence-corrected chi connectivity index (χ0v) is 11.9. The van der Waals surface area contributed by atoms with E-state index in [1.165, 1.54) is 4.90 Å². The van der Waals surface area contributed by atoms with Gasteiger partial charge in [0.25, 0.3) is 5.91 Å². The van der Waals surface area contributed by atoms with Crippen molar-refractivity contribution in [1.29, 1.82) is 0 Å². The van der Waals surface area contributed by atoms with Crippen molar-refractivity contribution in [3.05, 3.63) is 0 Å². The summed E-state index contributed by atoms with van der Waals surface area (Å²) in [6.07, 6.45) is 2.92. The fraction of sp³-hybridized carbons (Fsp3) is 0.786. The Hall–Kier alpha value is -1.39. The van der Waals surface area contributed by atoms with Crippen LogP contribution < -0.4 is 0 Å². The lowest BCUT2D eigenvalue weighted by atomic mass is 9.84. The van der Waals surface area contributed by atoms with Gasteiger partial charge in [-0.25, -0.2) is 0 Å². The van der Waals surface area contributed by atoms with Gasteiger partial charge in [0.2, 0.25) is 5.78 Å². The number of likely N-dealkylation sites (tertiary alicyclic amines) is 1. The van der Waals surface area contributed by atoms with E-state index in [-0.39, 0.29) is 12.5 Å². The van der Waals surface area contributed by atoms with E-state index >= 15 is 0 Å². The highest BCUT2D eigenvalue weighted by molar-refractivity contribution is 6.38. The van der Waals surface area contributed by atoms with Crippen LogP contribution in [0.5, 0.6) is 0 Å². The first-order valence-electron chi connectivity index (χ1n) is 6.86. The number of carbonyl (C=O) groups is 3. The standard InChI is InChI=1S/C14H23NO4/c1-4-14(2,3)12(18)13(19)15-8-6-5-7-10(15)9-11(16)17/h10H,4-9H2,1-3H3,(H,16,17). The number of ketones is 1. The molecule has 108 valence electrons. The van der Waals surface area contributed by atoms with Gasteiger partial charge in [0.1, 0.15) is 0 Å². The lowest BCUT2D eigenvalue weighted by Crippen LogP contribution is -2.50. The summed E-state index contributed by atoms with van der Waals surface area (Å²) >= 11 is 0. The number of amides is 1. The molecule has 0 saturated carbocycles. The van der Waals surface area contributed by atoms with Crippen molar-refractivity contribution >= 4 is 17.7 Å². The minimum atomic E-state index is -0.924. The number of rotatable bonds is 5. The van der Waals surface area contributed by atoms with E-state index in [1.54, 1.807) is 13.8 Å². The van der Waals surface area contributed by atoms with Crippen LogP contribution in [0, 0.1) is 5.41 Å². The molecule has 1 fully saturated rings. The van der Waals surface area contributed by atoms with Crippen molar-refractivity contribution in [1.82, 2.24) is 4.90 Å². The first kappa shape index (κ1) is 15.7. The molecule has 1 N–H and O–H groups in total. The van der Waals surface area contributed by atoms with Crippen molar-refractivity contribution in [2.75, 3.05) is 6.54 Å². The predicted octanol–water partition coefficient (Wildman–Crippen LogP) is 1.85. The molecule has 1 aliphatic heterocycles. The van der Waals surface area contributed by atoms with E-state index in [4.69, 9.17) is 5.11 Å². The first-order valence-corrected chi connectivity index (χ1v) is 6.86. The smallest absolute Gasteiger partial charge is 0.305 e. The minimum Gasteiger partial charge on any atom is -0.481 e. The van der Waals surface area contributed by atoms with Crippen LogP contribution in [0.2, 0.25) is 0 Å². The van der Waals surface area contributed by atoms with Crippen LogP contribution in [0.15, 0.2) is 0 Å². The Kier molecular flexibility index (Phi) is 5.09. The molecule has 5 nitrogen and oxygen atoms in total. The van der Waals surface area contributed by atoms with Gasteiger partial charge in [0, 0.05) is 18.0 Å². The van der Waals surface area contributed by atoms with Crippen LogP contribution in [0.1, 0.15) is 52.9 Å². The predicted molar refractivity (Wildman–Crippen MR) is 70.7 cm³/mol. The fourth-order valence-corrected chi connectivity index (χ4v) is 2.26. The Morgan fingerprint density at radius 1 is 1.26 bits per heavy atom. The highest BCUT2D eigenvalue weighted by atomic mass is 16.4. The quantitative estimate of drug-likeness (QED) is 0.773. The molecule has 19 heavy (non-hydrogen) atoms. The van der Waals surface area contributed by atoms with E-state index in [2.05, 4.69) is 0 Å². The summed E-state index contributed by atoms with van der Waals surface area (Å²) in [6.45, 7) is 5.87. The van der Waals surface area contributed by atoms with Crippen LogP contribution >= 0.6 is 0 Å². The number of hydrogen-bond acceptors (Lipinski definition) is 3. The zero-order chi connectivity index (χ0) is 14.6. The van der Waals surface area contributed by atoms with Gasteiger partial charge in [-0.3, -0.25) is 14.4 Å². The Bertz CT molecular complexity index is 376. The number of piperidine rings is 1. The molecule has 0 radical (unpaired) electrons. The molecule has 0 spiro atoms. The van der Waals surface area contributed by atoms with Crippen LogP contribution in [0.4, 0.5) is 0 Å². The second-order valence-electron chi connectivity index (χ2n) is 5.81. The Balaban J connectivity index is 2.83. The van der Waals surface area contributed by atoms with Gasteiger partial charge in [0.15, 0.2) is 0 Å². The first-order chi connectivity index (χ1) is 8.79. The minimum absolute atomic E-state index is 0.0778. The molecule has 1 unspecified atom stereocenters. The average molecular weight is 269 g/mol. The normalized spacial score (nSPS) is 20.2. The van der Waals surface area contributed by atoms with Crippen molar-refractivity contribution in [3.8, 4) is 0 Å². The van der Waals surface area contributed by atoms with Crippen molar-refractivity contribution in [3.63, 3.8) is 0 Å². The maximum Gasteiger partial charge on any atom is 0.305 e. The molecule has 1 rings (SSSR count). The number of Topliss-reactive ketones (excluding diaryl/α,β-unsaturated/α-hetero) is 1. The Morgan fingerprint density at radius 3 is 2.42 bits per heavy atom. The van der Waals surface area contributed by atoms with Crippen molar-refractivity contribution < 1.29 is 19.5 Å². The second-order valence-corrected chi connectivity index (χ2v) is 5.81. The molecule has 0 aliphatic carbocycles. The monoisotopic (exact) mass is 269 g/mol. The number of carboxylic acids is 1. The molecule has 1 aliphatic rings. The van der Waals surface area contributed by atoms with Gasteiger partial charge in [-0.1, -0.05) is 20.8 Å². The van der Waals surface area contributed by atoms with Crippen LogP contribution in [0.25, 0.3) is 0 Å². The SMILES string of the molecule is CCC(C)(C)C(=O)C(=O)N1CCCCC1CC(=O)O. The third-order valence-electron chi connectivity index (χ3n) is 3.99. The number of nitrogens with zero attached hydrogens (tertiary/aromatic N) is 1. The highest BCUT2D eigenvalue weighted by Gasteiger charge is 2.38. The molecule has 0 aromatic rings. The van der Waals surface area contributed by atoms with Gasteiger partial charge >= 0.3 is 5.97 Å². The maximum atomic E-state index is 12.3. The van der Waals surface area contributed by atoms with Crippen LogP contribution in [0.3, 0.4) is 0 Å². The Labute approximate surface area is 114 Å². The maximum absolute atomic E-state index is 12.3. The third kappa shape index (κ3) is 3.78. The molecule has 5 heteroatoms. The number of hydrogen-bond donors (Lipinski definition) is 1. The van der Waals surface area contributed by atoms with E-state index in [0.29, 0.717) is 19.4 Å². The largest absolute Gasteiger partial charge is 0.481 e. The number of carbonyl (C=O) groups excluding carboxylic acids is 2. The topological polar surface area (TPSA) is 74.7 Å². The number of aliphatic carboxylic acids is 1. The van der Waals surface area contributed by atoms with E-state index in [0.717, 1.165) is 12.8 Å². The van der Waals surface area contributed by atoms with Crippen molar-refractivity contribution in [2.45, 2.75) is 58.9 Å². The second kappa shape index (κ2) is 6.17. The van der Waals surface area contributed by atoms with E-state index < -0.39 is 23.1 Å². The molecule has 0 aromatic carbocycles. The lowest BCUT2D eigenvalue weighted by molar-refractivity contribution is -0.153. The summed E-state index contributed by atoms with van der Waals surface area (Å²) in [6, 6.07) is -0.338. The van der Waals surface area contributed by atoms with Crippen molar-refractivity contribution in [2.24, 2.45) is 5.41 Å². The summed E-state index contributed by atoms with van der Waals surface area (Å²) in [7, 11) is 0. The van der Waals surface area contributed by atoms with Gasteiger partial charge in [-0.2, -0.15) is 0 Å². The molecule has 0 bridgehead atoms. The molecular formula is C14H23NO4. The van der Waals surface area contributed by atoms with E-state index in [1.807, 2.05) is 6.92 Å². The summed E-state index contributed by atoms with van der Waals surface area (Å²) in [5.41, 5.74) is -0.678. The molecule has 1 atom stereocenters. The zero-order valence-electron chi connectivity index (χ0n) is 11.9. The molecule has 0 aromatic heterocycles. The molecular weight excluding hydrogens is 246 g/mol. The van der Waals surface area contributed by atoms with Crippen LogP contribution in [-0.2, 0) is 14.4 Å². The number of carboxylic acid groups (broad SMARTS) is 1. The highest BCUT2D eigenvalue weighted by Crippen LogP contribution is 2.26. The van der Waals surface area contributed by atoms with Crippen LogP contribution in [-0.4, -0.2) is 40.3 Å². The summed E-state index contributed by atoms with van der Waals surface area (Å²) in [5, 5.41) is 8.89. The summed E-state index contributed by atoms with van der Waals surface area (Å²) in [5.74, 6) is -1.85. The summed E-state index contributed by atoms with van der Waals surface area (Å²) in [4.78, 5) is 36.8. The third-order valence-corrected chi connectivity index (χ3v) is 3.99. The Morgan fingerprint density at radius 2 is 1.89 bits per heavy atom. The van der Waals surface area contributed by atoms with Gasteiger partial charge in [0.05, 0.1) is 6.42 Å². The van der Waals surface area contributed by atoms with Gasteiger partial charge in [-0.15, -0.1) is 0 Å². The average Bonchev–Trinajstić information content (AvgIpc) is 2.37. The van der Waals surface area contributed by atoms with Gasteiger partial charge < -0.3 is 10.0 Å². The lowest BCUT2D eigenvalue weighted by Gasteiger charge is -2.36. The van der Waals surface area contributed by atoms with Gasteiger partial charge in [-0.05, 0) is 25.7 Å². The molecule has 1 saturated heterocycles. The fourth-order valence-electron chi connectivity index (χ4n) is 2.26. The molecule has 1 heterocycles. The summed E-state index contributed by atoms with van der Waals surface area (Å²) < 4.78 is 0. The van der Waals surface area contributed by atoms with E-state index in [9.17, 15) is 14.4 Å².